The zero-order valence-electron chi connectivity index (χ0n) is 17.7. The number of thioether (sulfide) groups is 1. The molecule has 4 nitrogen and oxygen atoms in total. The van der Waals surface area contributed by atoms with Gasteiger partial charge in [0.2, 0.25) is 0 Å². The molecule has 2 heterocycles. The lowest BCUT2D eigenvalue weighted by Crippen LogP contribution is -2.36. The van der Waals surface area contributed by atoms with Crippen LogP contribution in [0.2, 0.25) is 5.02 Å². The molecule has 2 aromatic rings. The molecule has 174 valence electrons. The van der Waals surface area contributed by atoms with Gasteiger partial charge in [0.1, 0.15) is 16.3 Å². The molecule has 0 aromatic heterocycles. The molecule has 0 unspecified atom stereocenters. The van der Waals surface area contributed by atoms with Crippen molar-refractivity contribution >= 4 is 34.5 Å². The highest BCUT2D eigenvalue weighted by Crippen LogP contribution is 2.56. The highest BCUT2D eigenvalue weighted by atomic mass is 35.5. The maximum absolute atomic E-state index is 14.5. The first-order valence-corrected chi connectivity index (χ1v) is 11.2. The molecular weight excluding hydrogens is 480 g/mol. The lowest BCUT2D eigenvalue weighted by atomic mass is 9.80. The number of hydrogen-bond donors (Lipinski definition) is 1. The fourth-order valence-electron chi connectivity index (χ4n) is 4.31. The first kappa shape index (κ1) is 23.6. The SMILES string of the molecule is CC(C)C1=C(C(=O)O)SC2=N[C@@](C)(c3ccc(C(F)(F)F)cc3)[C@@H](c3ccc(Cl)c(F)c3)N21. The summed E-state index contributed by atoms with van der Waals surface area (Å²) in [7, 11) is 0. The van der Waals surface area contributed by atoms with Crippen LogP contribution in [0.1, 0.15) is 43.5 Å². The zero-order chi connectivity index (χ0) is 24.3. The second-order valence-corrected chi connectivity index (χ2v) is 9.72. The standard InChI is InChI=1S/C23H19ClF4N2O2S/c1-11(2)17-18(20(31)32)33-21-29-22(3,13-5-7-14(8-6-13)23(26,27)28)19(30(17)21)12-4-9-15(24)16(25)10-12/h4-11,19H,1-3H3,(H,31,32)/t19-,22+/m1/s1. The minimum Gasteiger partial charge on any atom is -0.477 e. The van der Waals surface area contributed by atoms with Crippen LogP contribution in [0.25, 0.3) is 0 Å². The number of carboxylic acid groups (broad SMARTS) is 1. The Balaban J connectivity index is 1.91. The van der Waals surface area contributed by atoms with Crippen molar-refractivity contribution in [2.24, 2.45) is 10.9 Å². The van der Waals surface area contributed by atoms with Gasteiger partial charge in [-0.25, -0.2) is 14.2 Å². The fourth-order valence-corrected chi connectivity index (χ4v) is 5.67. The highest BCUT2D eigenvalue weighted by molar-refractivity contribution is 8.18. The molecule has 0 saturated carbocycles. The van der Waals surface area contributed by atoms with Crippen molar-refractivity contribution in [3.8, 4) is 0 Å². The minimum atomic E-state index is -4.49. The second kappa shape index (κ2) is 8.06. The average Bonchev–Trinajstić information content (AvgIpc) is 3.22. The third kappa shape index (κ3) is 3.91. The van der Waals surface area contributed by atoms with Crippen LogP contribution in [-0.4, -0.2) is 21.1 Å². The summed E-state index contributed by atoms with van der Waals surface area (Å²) in [6.45, 7) is 5.43. The summed E-state index contributed by atoms with van der Waals surface area (Å²) in [5.41, 5.74) is -0.430. The molecular formula is C23H19ClF4N2O2S. The molecule has 0 amide bonds. The third-order valence-corrected chi connectivity index (χ3v) is 7.17. The third-order valence-electron chi connectivity index (χ3n) is 5.81. The van der Waals surface area contributed by atoms with Crippen LogP contribution in [0.5, 0.6) is 0 Å². The van der Waals surface area contributed by atoms with E-state index in [-0.39, 0.29) is 15.8 Å². The number of benzene rings is 2. The Labute approximate surface area is 197 Å². The van der Waals surface area contributed by atoms with Crippen LogP contribution in [-0.2, 0) is 16.5 Å². The Bertz CT molecular complexity index is 1190. The van der Waals surface area contributed by atoms with E-state index in [1.54, 1.807) is 17.9 Å². The number of rotatable bonds is 4. The Kier molecular flexibility index (Phi) is 5.77. The number of halogens is 5. The lowest BCUT2D eigenvalue weighted by Gasteiger charge is -2.37. The van der Waals surface area contributed by atoms with Crippen molar-refractivity contribution in [1.82, 2.24) is 4.90 Å². The van der Waals surface area contributed by atoms with Crippen LogP contribution < -0.4 is 0 Å². The molecule has 1 N–H and O–H groups in total. The largest absolute Gasteiger partial charge is 0.477 e. The Morgan fingerprint density at radius 3 is 2.36 bits per heavy atom. The van der Waals surface area contributed by atoms with Gasteiger partial charge in [-0.2, -0.15) is 13.2 Å². The van der Waals surface area contributed by atoms with Gasteiger partial charge in [-0.15, -0.1) is 0 Å². The smallest absolute Gasteiger partial charge is 0.416 e. The molecule has 2 atom stereocenters. The van der Waals surface area contributed by atoms with Crippen molar-refractivity contribution in [1.29, 1.82) is 0 Å². The van der Waals surface area contributed by atoms with Gasteiger partial charge in [0, 0.05) is 5.70 Å². The topological polar surface area (TPSA) is 52.9 Å². The van der Waals surface area contributed by atoms with Crippen molar-refractivity contribution in [2.45, 2.75) is 38.5 Å². The first-order valence-electron chi connectivity index (χ1n) is 10.0. The van der Waals surface area contributed by atoms with Gasteiger partial charge in [-0.05, 0) is 60.0 Å². The monoisotopic (exact) mass is 498 g/mol. The molecule has 2 aromatic carbocycles. The molecule has 0 aliphatic carbocycles. The van der Waals surface area contributed by atoms with E-state index >= 15 is 0 Å². The summed E-state index contributed by atoms with van der Waals surface area (Å²) >= 11 is 6.87. The Hall–Kier alpha value is -2.52. The van der Waals surface area contributed by atoms with Crippen LogP contribution in [0.3, 0.4) is 0 Å². The van der Waals surface area contributed by atoms with Crippen LogP contribution in [0.4, 0.5) is 17.6 Å². The van der Waals surface area contributed by atoms with E-state index < -0.39 is 35.1 Å². The molecule has 2 aliphatic rings. The number of nitrogens with zero attached hydrogens (tertiary/aromatic N) is 2. The van der Waals surface area contributed by atoms with E-state index in [0.29, 0.717) is 22.0 Å². The molecule has 10 heteroatoms. The quantitative estimate of drug-likeness (QED) is 0.470. The summed E-state index contributed by atoms with van der Waals surface area (Å²) in [6, 6.07) is 8.27. The van der Waals surface area contributed by atoms with Gasteiger partial charge < -0.3 is 10.0 Å². The molecule has 2 aliphatic heterocycles. The number of hydrogen-bond acceptors (Lipinski definition) is 4. The Morgan fingerprint density at radius 2 is 1.85 bits per heavy atom. The van der Waals surface area contributed by atoms with Gasteiger partial charge in [0.05, 0.1) is 16.6 Å². The summed E-state index contributed by atoms with van der Waals surface area (Å²) in [6.07, 6.45) is -4.49. The molecule has 0 bridgehead atoms. The summed E-state index contributed by atoms with van der Waals surface area (Å²) in [5.74, 6) is -1.96. The van der Waals surface area contributed by atoms with Crippen molar-refractivity contribution in [2.75, 3.05) is 0 Å². The number of fused-ring (bicyclic) bond motifs is 1. The van der Waals surface area contributed by atoms with Crippen LogP contribution >= 0.6 is 23.4 Å². The Morgan fingerprint density at radius 1 is 1.21 bits per heavy atom. The van der Waals surface area contributed by atoms with E-state index in [0.717, 1.165) is 23.9 Å². The number of carbonyl (C=O) groups is 1. The molecule has 0 fully saturated rings. The zero-order valence-corrected chi connectivity index (χ0v) is 19.3. The van der Waals surface area contributed by atoms with Gasteiger partial charge in [-0.1, -0.05) is 43.6 Å². The maximum Gasteiger partial charge on any atom is 0.416 e. The minimum absolute atomic E-state index is 0.0734. The molecule has 0 saturated heterocycles. The maximum atomic E-state index is 14.5. The number of aliphatic imine (C=N–C) groups is 1. The van der Waals surface area contributed by atoms with Crippen LogP contribution in [0, 0.1) is 11.7 Å². The highest BCUT2D eigenvalue weighted by Gasteiger charge is 2.53. The van der Waals surface area contributed by atoms with E-state index in [9.17, 15) is 27.5 Å². The number of alkyl halides is 3. The predicted octanol–water partition coefficient (Wildman–Crippen LogP) is 6.83. The molecule has 0 spiro atoms. The second-order valence-electron chi connectivity index (χ2n) is 8.34. The van der Waals surface area contributed by atoms with Gasteiger partial charge in [0.25, 0.3) is 0 Å². The lowest BCUT2D eigenvalue weighted by molar-refractivity contribution is -0.137. The first-order chi connectivity index (χ1) is 15.3. The van der Waals surface area contributed by atoms with Crippen molar-refractivity contribution in [3.63, 3.8) is 0 Å². The number of aliphatic carboxylic acids is 1. The fraction of sp³-hybridized carbons (Fsp3) is 0.304. The van der Waals surface area contributed by atoms with Crippen molar-refractivity contribution in [3.05, 3.63) is 80.6 Å². The number of amidine groups is 1. The van der Waals surface area contributed by atoms with Crippen LogP contribution in [0.15, 0.2) is 58.1 Å². The van der Waals surface area contributed by atoms with E-state index in [2.05, 4.69) is 0 Å². The normalized spacial score (nSPS) is 22.8. The summed E-state index contributed by atoms with van der Waals surface area (Å²) in [5, 5.41) is 10.1. The molecule has 33 heavy (non-hydrogen) atoms. The number of allylic oxidation sites excluding steroid dienone is 1. The number of carboxylic acids is 1. The van der Waals surface area contributed by atoms with Gasteiger partial charge in [-0.3, -0.25) is 0 Å². The van der Waals surface area contributed by atoms with E-state index in [1.165, 1.54) is 24.3 Å². The van der Waals surface area contributed by atoms with Gasteiger partial charge >= 0.3 is 12.1 Å². The molecule has 0 radical (unpaired) electrons. The van der Waals surface area contributed by atoms with E-state index in [1.807, 2.05) is 13.8 Å². The average molecular weight is 499 g/mol. The van der Waals surface area contributed by atoms with E-state index in [4.69, 9.17) is 16.6 Å². The van der Waals surface area contributed by atoms with Gasteiger partial charge in [0.15, 0.2) is 5.17 Å². The summed E-state index contributed by atoms with van der Waals surface area (Å²) < 4.78 is 53.8. The van der Waals surface area contributed by atoms with Crippen molar-refractivity contribution < 1.29 is 27.5 Å². The predicted molar refractivity (Wildman–Crippen MR) is 119 cm³/mol. The molecule has 4 rings (SSSR count). The summed E-state index contributed by atoms with van der Waals surface area (Å²) in [4.78, 5) is 18.6.